The predicted octanol–water partition coefficient (Wildman–Crippen LogP) is 4.20. The van der Waals surface area contributed by atoms with Crippen molar-refractivity contribution in [3.63, 3.8) is 0 Å². The fourth-order valence-electron chi connectivity index (χ4n) is 4.58. The molecule has 1 aliphatic heterocycles. The van der Waals surface area contributed by atoms with Gasteiger partial charge in [0.05, 0.1) is 0 Å². The highest BCUT2D eigenvalue weighted by Crippen LogP contribution is 2.40. The van der Waals surface area contributed by atoms with Gasteiger partial charge in [0, 0.05) is 53.1 Å². The molecule has 30 heavy (non-hydrogen) atoms. The van der Waals surface area contributed by atoms with Crippen LogP contribution in [-0.2, 0) is 11.3 Å². The van der Waals surface area contributed by atoms with Crippen LogP contribution in [0, 0.1) is 11.3 Å². The quantitative estimate of drug-likeness (QED) is 0.301. The minimum absolute atomic E-state index is 0. The molecular weight excluding hydrogens is 489 g/mol. The summed E-state index contributed by atoms with van der Waals surface area (Å²) in [4.78, 5) is 11.5. The number of pyridine rings is 1. The van der Waals surface area contributed by atoms with Crippen LogP contribution in [0.25, 0.3) is 0 Å². The summed E-state index contributed by atoms with van der Waals surface area (Å²) in [7, 11) is 3.63. The van der Waals surface area contributed by atoms with Crippen LogP contribution in [0.5, 0.6) is 0 Å². The van der Waals surface area contributed by atoms with Gasteiger partial charge in [-0.15, -0.1) is 24.0 Å². The van der Waals surface area contributed by atoms with Crippen molar-refractivity contribution in [2.45, 2.75) is 58.4 Å². The number of guanidine groups is 1. The molecule has 2 aliphatic rings. The molecular formula is C23H40IN5O. The number of piperidine rings is 1. The van der Waals surface area contributed by atoms with Crippen molar-refractivity contribution in [3.8, 4) is 0 Å². The number of anilines is 1. The third-order valence-corrected chi connectivity index (χ3v) is 6.73. The summed E-state index contributed by atoms with van der Waals surface area (Å²) in [5.41, 5.74) is 1.53. The SMILES string of the molecule is CN=C(NCc1ccc(N2CCC(C)CC2)nc1)NCC1(CCOC)CCCC1.I. The zero-order valence-electron chi connectivity index (χ0n) is 19.0. The van der Waals surface area contributed by atoms with Gasteiger partial charge in [0.2, 0.25) is 0 Å². The molecule has 2 fully saturated rings. The van der Waals surface area contributed by atoms with Crippen LogP contribution in [0.2, 0.25) is 0 Å². The summed E-state index contributed by atoms with van der Waals surface area (Å²) in [5, 5.41) is 7.00. The van der Waals surface area contributed by atoms with E-state index in [1.807, 2.05) is 13.2 Å². The lowest BCUT2D eigenvalue weighted by Gasteiger charge is -2.31. The zero-order valence-corrected chi connectivity index (χ0v) is 21.3. The molecule has 0 unspecified atom stereocenters. The van der Waals surface area contributed by atoms with Gasteiger partial charge >= 0.3 is 0 Å². The van der Waals surface area contributed by atoms with Crippen LogP contribution >= 0.6 is 24.0 Å². The first-order valence-electron chi connectivity index (χ1n) is 11.3. The second-order valence-electron chi connectivity index (χ2n) is 8.92. The van der Waals surface area contributed by atoms with Crippen molar-refractivity contribution in [2.75, 3.05) is 45.3 Å². The van der Waals surface area contributed by atoms with Gasteiger partial charge in [0.25, 0.3) is 0 Å². The molecule has 2 N–H and O–H groups in total. The number of hydrogen-bond acceptors (Lipinski definition) is 4. The molecule has 1 saturated heterocycles. The number of nitrogens with one attached hydrogen (secondary N) is 2. The van der Waals surface area contributed by atoms with Crippen LogP contribution in [-0.4, -0.2) is 51.3 Å². The maximum Gasteiger partial charge on any atom is 0.191 e. The average Bonchev–Trinajstić information content (AvgIpc) is 3.22. The third kappa shape index (κ3) is 7.25. The number of methoxy groups -OCH3 is 1. The van der Waals surface area contributed by atoms with Crippen molar-refractivity contribution >= 4 is 35.8 Å². The fraction of sp³-hybridized carbons (Fsp3) is 0.739. The van der Waals surface area contributed by atoms with Gasteiger partial charge in [-0.05, 0) is 55.1 Å². The van der Waals surface area contributed by atoms with E-state index in [0.29, 0.717) is 5.41 Å². The third-order valence-electron chi connectivity index (χ3n) is 6.73. The fourth-order valence-corrected chi connectivity index (χ4v) is 4.58. The first kappa shape index (κ1) is 25.2. The zero-order chi connectivity index (χ0) is 20.5. The van der Waals surface area contributed by atoms with Gasteiger partial charge in [0.1, 0.15) is 5.82 Å². The Hall–Kier alpha value is -1.09. The smallest absolute Gasteiger partial charge is 0.191 e. The van der Waals surface area contributed by atoms with Crippen LogP contribution in [0.3, 0.4) is 0 Å². The van der Waals surface area contributed by atoms with E-state index in [2.05, 4.69) is 39.6 Å². The largest absolute Gasteiger partial charge is 0.385 e. The van der Waals surface area contributed by atoms with E-state index in [1.54, 1.807) is 7.11 Å². The topological polar surface area (TPSA) is 61.8 Å². The van der Waals surface area contributed by atoms with E-state index in [0.717, 1.165) is 56.9 Å². The molecule has 0 amide bonds. The Morgan fingerprint density at radius 2 is 1.97 bits per heavy atom. The number of hydrogen-bond donors (Lipinski definition) is 2. The maximum atomic E-state index is 5.34. The van der Waals surface area contributed by atoms with Gasteiger partial charge in [-0.3, -0.25) is 4.99 Å². The number of nitrogens with zero attached hydrogens (tertiary/aromatic N) is 3. The summed E-state index contributed by atoms with van der Waals surface area (Å²) in [5.74, 6) is 2.80. The Bertz CT molecular complexity index is 637. The summed E-state index contributed by atoms with van der Waals surface area (Å²) in [6.07, 6.45) is 10.8. The Morgan fingerprint density at radius 1 is 1.23 bits per heavy atom. The minimum Gasteiger partial charge on any atom is -0.385 e. The number of aliphatic imine (C=N–C) groups is 1. The van der Waals surface area contributed by atoms with E-state index in [9.17, 15) is 0 Å². The van der Waals surface area contributed by atoms with E-state index in [4.69, 9.17) is 9.72 Å². The normalized spacial score (nSPS) is 19.4. The summed E-state index contributed by atoms with van der Waals surface area (Å²) in [6, 6.07) is 4.33. The lowest BCUT2D eigenvalue weighted by atomic mass is 9.83. The van der Waals surface area contributed by atoms with Gasteiger partial charge in [-0.25, -0.2) is 4.98 Å². The first-order valence-corrected chi connectivity index (χ1v) is 11.3. The Labute approximate surface area is 199 Å². The van der Waals surface area contributed by atoms with Crippen molar-refractivity contribution in [1.29, 1.82) is 0 Å². The second kappa shape index (κ2) is 12.7. The van der Waals surface area contributed by atoms with E-state index in [1.165, 1.54) is 44.1 Å². The van der Waals surface area contributed by atoms with Gasteiger partial charge in [-0.2, -0.15) is 0 Å². The molecule has 1 aliphatic carbocycles. The molecule has 1 saturated carbocycles. The molecule has 0 atom stereocenters. The lowest BCUT2D eigenvalue weighted by Crippen LogP contribution is -2.43. The summed E-state index contributed by atoms with van der Waals surface area (Å²) in [6.45, 7) is 7.10. The summed E-state index contributed by atoms with van der Waals surface area (Å²) >= 11 is 0. The molecule has 0 aromatic carbocycles. The highest BCUT2D eigenvalue weighted by Gasteiger charge is 2.33. The average molecular weight is 530 g/mol. The van der Waals surface area contributed by atoms with Crippen molar-refractivity contribution in [2.24, 2.45) is 16.3 Å². The molecule has 7 heteroatoms. The molecule has 1 aromatic rings. The van der Waals surface area contributed by atoms with Crippen LogP contribution in [0.4, 0.5) is 5.82 Å². The number of rotatable bonds is 8. The molecule has 1 aromatic heterocycles. The molecule has 170 valence electrons. The van der Waals surface area contributed by atoms with E-state index in [-0.39, 0.29) is 24.0 Å². The maximum absolute atomic E-state index is 5.34. The molecule has 0 spiro atoms. The van der Waals surface area contributed by atoms with Gasteiger partial charge in [-0.1, -0.05) is 25.8 Å². The van der Waals surface area contributed by atoms with E-state index >= 15 is 0 Å². The summed E-state index contributed by atoms with van der Waals surface area (Å²) < 4.78 is 5.34. The number of halogens is 1. The van der Waals surface area contributed by atoms with E-state index < -0.39 is 0 Å². The molecule has 3 rings (SSSR count). The highest BCUT2D eigenvalue weighted by molar-refractivity contribution is 14.0. The molecule has 0 radical (unpaired) electrons. The molecule has 2 heterocycles. The highest BCUT2D eigenvalue weighted by atomic mass is 127. The molecule has 0 bridgehead atoms. The molecule has 6 nitrogen and oxygen atoms in total. The second-order valence-corrected chi connectivity index (χ2v) is 8.92. The van der Waals surface area contributed by atoms with Crippen molar-refractivity contribution in [1.82, 2.24) is 15.6 Å². The number of ether oxygens (including phenoxy) is 1. The monoisotopic (exact) mass is 529 g/mol. The van der Waals surface area contributed by atoms with Crippen molar-refractivity contribution in [3.05, 3.63) is 23.9 Å². The van der Waals surface area contributed by atoms with Crippen LogP contribution in [0.15, 0.2) is 23.3 Å². The van der Waals surface area contributed by atoms with Crippen LogP contribution in [0.1, 0.15) is 57.4 Å². The van der Waals surface area contributed by atoms with Gasteiger partial charge in [0.15, 0.2) is 5.96 Å². The lowest BCUT2D eigenvalue weighted by molar-refractivity contribution is 0.138. The standard InChI is InChI=1S/C23H39N5O.HI/c1-19-8-13-28(14-9-19)21-7-6-20(16-25-21)17-26-22(24-2)27-18-23(12-15-29-3)10-4-5-11-23;/h6-7,16,19H,4-5,8-15,17-18H2,1-3H3,(H2,24,26,27);1H. The van der Waals surface area contributed by atoms with Crippen molar-refractivity contribution < 1.29 is 4.74 Å². The van der Waals surface area contributed by atoms with Gasteiger partial charge < -0.3 is 20.3 Å². The Morgan fingerprint density at radius 3 is 2.57 bits per heavy atom. The Balaban J connectivity index is 0.00000320. The first-order chi connectivity index (χ1) is 14.1. The Kier molecular flexibility index (Phi) is 10.6. The van der Waals surface area contributed by atoms with Crippen LogP contribution < -0.4 is 15.5 Å². The number of aromatic nitrogens is 1. The minimum atomic E-state index is 0. The predicted molar refractivity (Wildman–Crippen MR) is 136 cm³/mol.